The number of hydrogen-bond acceptors (Lipinski definition) is 4. The quantitative estimate of drug-likeness (QED) is 0.885. The summed E-state index contributed by atoms with van der Waals surface area (Å²) in [6.45, 7) is 4.37. The maximum absolute atomic E-state index is 12.3. The Morgan fingerprint density at radius 2 is 2.14 bits per heavy atom. The molecule has 7 heteroatoms. The van der Waals surface area contributed by atoms with Crippen LogP contribution >= 0.6 is 15.9 Å². The minimum absolute atomic E-state index is 0.171. The van der Waals surface area contributed by atoms with Crippen LogP contribution < -0.4 is 10.6 Å². The number of rotatable bonds is 4. The summed E-state index contributed by atoms with van der Waals surface area (Å²) in [5, 5.41) is 10.2. The molecule has 2 rings (SSSR count). The standard InChI is InChI=1S/C14H18BrN5O/c1-8-12(9(2)20(4)19-8)7-18-14(21)11-5-10(15)6-17-13(11)16-3/h5-6H,7H2,1-4H3,(H,16,17)(H,18,21). The van der Waals surface area contributed by atoms with Gasteiger partial charge in [0.15, 0.2) is 0 Å². The van der Waals surface area contributed by atoms with Crippen molar-refractivity contribution in [2.45, 2.75) is 20.4 Å². The van der Waals surface area contributed by atoms with Gasteiger partial charge in [-0.1, -0.05) is 0 Å². The van der Waals surface area contributed by atoms with Crippen LogP contribution in [0.25, 0.3) is 0 Å². The zero-order valence-electron chi connectivity index (χ0n) is 12.5. The normalized spacial score (nSPS) is 10.5. The Morgan fingerprint density at radius 1 is 1.43 bits per heavy atom. The van der Waals surface area contributed by atoms with Crippen molar-refractivity contribution in [2.24, 2.45) is 7.05 Å². The predicted octanol–water partition coefficient (Wildman–Crippen LogP) is 2.17. The lowest BCUT2D eigenvalue weighted by Gasteiger charge is -2.10. The van der Waals surface area contributed by atoms with E-state index in [0.29, 0.717) is 17.9 Å². The number of pyridine rings is 1. The summed E-state index contributed by atoms with van der Waals surface area (Å²) in [5.74, 6) is 0.381. The van der Waals surface area contributed by atoms with Crippen molar-refractivity contribution in [3.05, 3.63) is 39.3 Å². The zero-order chi connectivity index (χ0) is 15.6. The molecule has 0 aliphatic heterocycles. The summed E-state index contributed by atoms with van der Waals surface area (Å²) in [5.41, 5.74) is 3.52. The highest BCUT2D eigenvalue weighted by Gasteiger charge is 2.15. The topological polar surface area (TPSA) is 71.8 Å². The number of aryl methyl sites for hydroxylation is 2. The largest absolute Gasteiger partial charge is 0.372 e. The van der Waals surface area contributed by atoms with Crippen LogP contribution in [-0.2, 0) is 13.6 Å². The molecule has 21 heavy (non-hydrogen) atoms. The van der Waals surface area contributed by atoms with Crippen LogP contribution in [0.1, 0.15) is 27.3 Å². The molecule has 0 aliphatic rings. The molecule has 0 fully saturated rings. The van der Waals surface area contributed by atoms with Crippen LogP contribution in [0.5, 0.6) is 0 Å². The van der Waals surface area contributed by atoms with Gasteiger partial charge < -0.3 is 10.6 Å². The molecule has 0 radical (unpaired) electrons. The van der Waals surface area contributed by atoms with Crippen molar-refractivity contribution in [3.63, 3.8) is 0 Å². The van der Waals surface area contributed by atoms with E-state index in [-0.39, 0.29) is 5.91 Å². The molecule has 2 aromatic heterocycles. The maximum atomic E-state index is 12.3. The fourth-order valence-corrected chi connectivity index (χ4v) is 2.48. The summed E-state index contributed by atoms with van der Waals surface area (Å²) in [4.78, 5) is 16.5. The number of anilines is 1. The number of amides is 1. The van der Waals surface area contributed by atoms with Crippen LogP contribution in [-0.4, -0.2) is 27.7 Å². The molecule has 0 unspecified atom stereocenters. The minimum atomic E-state index is -0.171. The van der Waals surface area contributed by atoms with E-state index in [1.807, 2.05) is 25.6 Å². The predicted molar refractivity (Wildman–Crippen MR) is 85.3 cm³/mol. The molecule has 0 saturated carbocycles. The molecule has 0 saturated heterocycles. The third kappa shape index (κ3) is 3.24. The van der Waals surface area contributed by atoms with Gasteiger partial charge in [-0.3, -0.25) is 9.48 Å². The molecule has 0 atom stereocenters. The Morgan fingerprint density at radius 3 is 2.71 bits per heavy atom. The Kier molecular flexibility index (Phi) is 4.62. The Bertz CT molecular complexity index is 680. The van der Waals surface area contributed by atoms with Gasteiger partial charge in [0.25, 0.3) is 5.91 Å². The number of nitrogens with one attached hydrogen (secondary N) is 2. The van der Waals surface area contributed by atoms with E-state index in [0.717, 1.165) is 21.4 Å². The fourth-order valence-electron chi connectivity index (χ4n) is 2.15. The van der Waals surface area contributed by atoms with Crippen molar-refractivity contribution < 1.29 is 4.79 Å². The molecule has 112 valence electrons. The first-order valence-electron chi connectivity index (χ1n) is 6.54. The molecule has 2 aromatic rings. The van der Waals surface area contributed by atoms with Crippen molar-refractivity contribution in [3.8, 4) is 0 Å². The van der Waals surface area contributed by atoms with Crippen LogP contribution in [0.15, 0.2) is 16.7 Å². The van der Waals surface area contributed by atoms with Crippen LogP contribution in [0.3, 0.4) is 0 Å². The first-order chi connectivity index (χ1) is 9.93. The summed E-state index contributed by atoms with van der Waals surface area (Å²) in [7, 11) is 3.63. The molecule has 0 aromatic carbocycles. The van der Waals surface area contributed by atoms with Crippen molar-refractivity contribution in [1.82, 2.24) is 20.1 Å². The van der Waals surface area contributed by atoms with Gasteiger partial charge in [-0.25, -0.2) is 4.98 Å². The van der Waals surface area contributed by atoms with E-state index in [2.05, 4.69) is 36.6 Å². The van der Waals surface area contributed by atoms with Gasteiger partial charge in [0, 0.05) is 42.6 Å². The number of carbonyl (C=O) groups excluding carboxylic acids is 1. The molecular weight excluding hydrogens is 334 g/mol. The van der Waals surface area contributed by atoms with Gasteiger partial charge >= 0.3 is 0 Å². The van der Waals surface area contributed by atoms with Gasteiger partial charge in [0.05, 0.1) is 11.3 Å². The number of carbonyl (C=O) groups is 1. The first-order valence-corrected chi connectivity index (χ1v) is 7.34. The van der Waals surface area contributed by atoms with E-state index in [1.54, 1.807) is 19.3 Å². The first kappa shape index (κ1) is 15.5. The van der Waals surface area contributed by atoms with Crippen molar-refractivity contribution in [1.29, 1.82) is 0 Å². The molecule has 0 bridgehead atoms. The molecular formula is C14H18BrN5O. The van der Waals surface area contributed by atoms with Crippen molar-refractivity contribution in [2.75, 3.05) is 12.4 Å². The highest BCUT2D eigenvalue weighted by molar-refractivity contribution is 9.10. The van der Waals surface area contributed by atoms with E-state index in [1.165, 1.54) is 0 Å². The molecule has 1 amide bonds. The van der Waals surface area contributed by atoms with E-state index >= 15 is 0 Å². The number of aromatic nitrogens is 3. The van der Waals surface area contributed by atoms with Gasteiger partial charge in [-0.05, 0) is 35.8 Å². The lowest BCUT2D eigenvalue weighted by atomic mass is 10.2. The SMILES string of the molecule is CNc1ncc(Br)cc1C(=O)NCc1c(C)nn(C)c1C. The highest BCUT2D eigenvalue weighted by Crippen LogP contribution is 2.18. The number of hydrogen-bond donors (Lipinski definition) is 2. The monoisotopic (exact) mass is 351 g/mol. The highest BCUT2D eigenvalue weighted by atomic mass is 79.9. The van der Waals surface area contributed by atoms with Gasteiger partial charge in [0.1, 0.15) is 5.82 Å². The summed E-state index contributed by atoms with van der Waals surface area (Å²) < 4.78 is 2.58. The second-order valence-corrected chi connectivity index (χ2v) is 5.67. The molecule has 0 spiro atoms. The zero-order valence-corrected chi connectivity index (χ0v) is 14.1. The number of halogens is 1. The fraction of sp³-hybridized carbons (Fsp3) is 0.357. The smallest absolute Gasteiger partial charge is 0.255 e. The average molecular weight is 352 g/mol. The van der Waals surface area contributed by atoms with Crippen LogP contribution in [0, 0.1) is 13.8 Å². The van der Waals surface area contributed by atoms with Crippen LogP contribution in [0.2, 0.25) is 0 Å². The van der Waals surface area contributed by atoms with E-state index < -0.39 is 0 Å². The third-order valence-corrected chi connectivity index (χ3v) is 3.85. The number of nitrogens with zero attached hydrogens (tertiary/aromatic N) is 3. The van der Waals surface area contributed by atoms with Gasteiger partial charge in [-0.15, -0.1) is 0 Å². The Hall–Kier alpha value is -1.89. The second-order valence-electron chi connectivity index (χ2n) is 4.76. The maximum Gasteiger partial charge on any atom is 0.255 e. The van der Waals surface area contributed by atoms with Gasteiger partial charge in [-0.2, -0.15) is 5.10 Å². The third-order valence-electron chi connectivity index (χ3n) is 3.42. The summed E-state index contributed by atoms with van der Waals surface area (Å²) in [6, 6.07) is 1.75. The Balaban J connectivity index is 2.17. The van der Waals surface area contributed by atoms with Crippen LogP contribution in [0.4, 0.5) is 5.82 Å². The average Bonchev–Trinajstić information content (AvgIpc) is 2.70. The lowest BCUT2D eigenvalue weighted by Crippen LogP contribution is -2.24. The Labute approximate surface area is 132 Å². The molecule has 6 nitrogen and oxygen atoms in total. The minimum Gasteiger partial charge on any atom is -0.372 e. The summed E-state index contributed by atoms with van der Waals surface area (Å²) >= 11 is 3.33. The lowest BCUT2D eigenvalue weighted by molar-refractivity contribution is 0.0951. The van der Waals surface area contributed by atoms with Crippen molar-refractivity contribution >= 4 is 27.7 Å². The van der Waals surface area contributed by atoms with E-state index in [4.69, 9.17) is 0 Å². The second kappa shape index (κ2) is 6.26. The van der Waals surface area contributed by atoms with Gasteiger partial charge in [0.2, 0.25) is 0 Å². The molecule has 2 heterocycles. The molecule has 2 N–H and O–H groups in total. The summed E-state index contributed by atoms with van der Waals surface area (Å²) in [6.07, 6.45) is 1.65. The molecule has 0 aliphatic carbocycles. The van der Waals surface area contributed by atoms with E-state index in [9.17, 15) is 4.79 Å².